The van der Waals surface area contributed by atoms with Gasteiger partial charge in [-0.05, 0) is 18.2 Å². The predicted molar refractivity (Wildman–Crippen MR) is 82.9 cm³/mol. The molecule has 0 bridgehead atoms. The number of cyclic esters (lactones) is 1. The molecule has 9 heteroatoms. The molecule has 0 aromatic heterocycles. The lowest BCUT2D eigenvalue weighted by atomic mass is 10.2. The molecule has 2 amide bonds. The lowest BCUT2D eigenvalue weighted by Crippen LogP contribution is -2.48. The van der Waals surface area contributed by atoms with Gasteiger partial charge >= 0.3 is 12.2 Å². The molecule has 3 rings (SSSR count). The fourth-order valence-corrected chi connectivity index (χ4v) is 2.89. The zero-order valence-electron chi connectivity index (χ0n) is 12.9. The van der Waals surface area contributed by atoms with Crippen molar-refractivity contribution in [1.29, 1.82) is 0 Å². The molecule has 2 aliphatic rings. The molecule has 1 unspecified atom stereocenters. The highest BCUT2D eigenvalue weighted by Gasteiger charge is 2.32. The van der Waals surface area contributed by atoms with Crippen LogP contribution in [-0.2, 0) is 4.74 Å². The highest BCUT2D eigenvalue weighted by molar-refractivity contribution is 5.90. The van der Waals surface area contributed by atoms with Crippen LogP contribution in [0.3, 0.4) is 0 Å². The first-order valence-electron chi connectivity index (χ1n) is 7.61. The van der Waals surface area contributed by atoms with Gasteiger partial charge in [-0.25, -0.2) is 14.0 Å². The molecule has 8 nitrogen and oxygen atoms in total. The van der Waals surface area contributed by atoms with Crippen LogP contribution in [0.15, 0.2) is 18.2 Å². The van der Waals surface area contributed by atoms with E-state index >= 15 is 0 Å². The summed E-state index contributed by atoms with van der Waals surface area (Å²) in [4.78, 5) is 27.0. The number of hydrogen-bond donors (Lipinski definition) is 2. The van der Waals surface area contributed by atoms with Crippen molar-refractivity contribution in [2.45, 2.75) is 6.10 Å². The third-order valence-corrected chi connectivity index (χ3v) is 4.21. The van der Waals surface area contributed by atoms with Crippen molar-refractivity contribution >= 4 is 23.6 Å². The highest BCUT2D eigenvalue weighted by Crippen LogP contribution is 2.28. The van der Waals surface area contributed by atoms with Gasteiger partial charge in [-0.2, -0.15) is 0 Å². The molecule has 1 aromatic carbocycles. The topological polar surface area (TPSA) is 93.6 Å². The summed E-state index contributed by atoms with van der Waals surface area (Å²) >= 11 is 0. The van der Waals surface area contributed by atoms with Crippen molar-refractivity contribution in [1.82, 2.24) is 4.90 Å². The minimum absolute atomic E-state index is 0.172. The Bertz CT molecular complexity index is 648. The Balaban J connectivity index is 1.72. The molecule has 24 heavy (non-hydrogen) atoms. The molecule has 1 atom stereocenters. The molecule has 2 N–H and O–H groups in total. The van der Waals surface area contributed by atoms with Crippen molar-refractivity contribution in [3.63, 3.8) is 0 Å². The first-order chi connectivity index (χ1) is 11.5. The van der Waals surface area contributed by atoms with Crippen LogP contribution in [0.1, 0.15) is 0 Å². The van der Waals surface area contributed by atoms with Crippen LogP contribution >= 0.6 is 0 Å². The maximum atomic E-state index is 14.5. The molecule has 2 heterocycles. The molecular weight excluding hydrogens is 321 g/mol. The van der Waals surface area contributed by atoms with E-state index < -0.39 is 24.1 Å². The SMILES string of the molecule is O=C(O)N1CCN(c2ccc(N3CC(CO)OC3=O)cc2F)CC1. The first kappa shape index (κ1) is 16.3. The van der Waals surface area contributed by atoms with E-state index in [1.54, 1.807) is 17.0 Å². The van der Waals surface area contributed by atoms with Crippen LogP contribution in [-0.4, -0.2) is 72.7 Å². The Kier molecular flexibility index (Phi) is 4.43. The van der Waals surface area contributed by atoms with Crippen LogP contribution in [0.25, 0.3) is 0 Å². The molecule has 2 saturated heterocycles. The van der Waals surface area contributed by atoms with Gasteiger partial charge in [-0.3, -0.25) is 4.90 Å². The van der Waals surface area contributed by atoms with E-state index in [2.05, 4.69) is 0 Å². The van der Waals surface area contributed by atoms with Gasteiger partial charge < -0.3 is 24.7 Å². The lowest BCUT2D eigenvalue weighted by molar-refractivity contribution is 0.0963. The Hall–Kier alpha value is -2.55. The van der Waals surface area contributed by atoms with Crippen LogP contribution in [0, 0.1) is 5.82 Å². The standard InChI is InChI=1S/C15H18FN3O5/c16-12-7-10(19-8-11(9-20)24-15(19)23)1-2-13(12)17-3-5-18(6-4-17)14(21)22/h1-2,7,11,20H,3-6,8-9H2,(H,21,22). The van der Waals surface area contributed by atoms with E-state index in [0.717, 1.165) is 0 Å². The Morgan fingerprint density at radius 1 is 1.29 bits per heavy atom. The molecule has 1 aromatic rings. The van der Waals surface area contributed by atoms with Crippen molar-refractivity contribution in [2.75, 3.05) is 49.1 Å². The molecule has 0 saturated carbocycles. The number of aliphatic hydroxyl groups excluding tert-OH is 1. The minimum Gasteiger partial charge on any atom is -0.465 e. The zero-order valence-corrected chi connectivity index (χ0v) is 12.9. The number of benzene rings is 1. The smallest absolute Gasteiger partial charge is 0.414 e. The molecule has 2 fully saturated rings. The monoisotopic (exact) mass is 339 g/mol. The lowest BCUT2D eigenvalue weighted by Gasteiger charge is -2.34. The average Bonchev–Trinajstić information content (AvgIpc) is 2.96. The van der Waals surface area contributed by atoms with Crippen molar-refractivity contribution < 1.29 is 28.9 Å². The average molecular weight is 339 g/mol. The van der Waals surface area contributed by atoms with Crippen molar-refractivity contribution in [2.24, 2.45) is 0 Å². The summed E-state index contributed by atoms with van der Waals surface area (Å²) in [6.07, 6.45) is -2.20. The van der Waals surface area contributed by atoms with Crippen molar-refractivity contribution in [3.05, 3.63) is 24.0 Å². The summed E-state index contributed by atoms with van der Waals surface area (Å²) < 4.78 is 19.4. The Morgan fingerprint density at radius 2 is 2.00 bits per heavy atom. The van der Waals surface area contributed by atoms with Crippen LogP contribution in [0.2, 0.25) is 0 Å². The van der Waals surface area contributed by atoms with E-state index in [4.69, 9.17) is 14.9 Å². The summed E-state index contributed by atoms with van der Waals surface area (Å²) in [6.45, 7) is 1.32. The molecular formula is C15H18FN3O5. The first-order valence-corrected chi connectivity index (χ1v) is 7.61. The molecule has 0 aliphatic carbocycles. The van der Waals surface area contributed by atoms with Gasteiger partial charge in [-0.1, -0.05) is 0 Å². The predicted octanol–water partition coefficient (Wildman–Crippen LogP) is 0.943. The van der Waals surface area contributed by atoms with Gasteiger partial charge in [0.15, 0.2) is 0 Å². The summed E-state index contributed by atoms with van der Waals surface area (Å²) in [7, 11) is 0. The molecule has 130 valence electrons. The summed E-state index contributed by atoms with van der Waals surface area (Å²) in [5.41, 5.74) is 0.733. The zero-order chi connectivity index (χ0) is 17.3. The maximum Gasteiger partial charge on any atom is 0.414 e. The van der Waals surface area contributed by atoms with Gasteiger partial charge in [0, 0.05) is 26.2 Å². The number of nitrogens with zero attached hydrogens (tertiary/aromatic N) is 3. The number of piperazine rings is 1. The van der Waals surface area contributed by atoms with Crippen LogP contribution < -0.4 is 9.80 Å². The molecule has 2 aliphatic heterocycles. The quantitative estimate of drug-likeness (QED) is 0.851. The number of carbonyl (C=O) groups is 2. The van der Waals surface area contributed by atoms with E-state index in [1.807, 2.05) is 0 Å². The number of carbonyl (C=O) groups excluding carboxylic acids is 1. The number of carboxylic acid groups (broad SMARTS) is 1. The van der Waals surface area contributed by atoms with E-state index in [9.17, 15) is 14.0 Å². The third kappa shape index (κ3) is 3.07. The van der Waals surface area contributed by atoms with Gasteiger partial charge in [-0.15, -0.1) is 0 Å². The second-order valence-corrected chi connectivity index (χ2v) is 5.69. The van der Waals surface area contributed by atoms with Crippen LogP contribution in [0.4, 0.5) is 25.4 Å². The number of amides is 2. The summed E-state index contributed by atoms with van der Waals surface area (Å²) in [6, 6.07) is 4.43. The van der Waals surface area contributed by atoms with Crippen LogP contribution in [0.5, 0.6) is 0 Å². The molecule has 0 spiro atoms. The second kappa shape index (κ2) is 6.52. The third-order valence-electron chi connectivity index (χ3n) is 4.21. The Labute approximate surface area is 137 Å². The number of aliphatic hydroxyl groups is 1. The van der Waals surface area contributed by atoms with Gasteiger partial charge in [0.1, 0.15) is 11.9 Å². The summed E-state index contributed by atoms with van der Waals surface area (Å²) in [5, 5.41) is 18.0. The minimum atomic E-state index is -0.976. The van der Waals surface area contributed by atoms with E-state index in [-0.39, 0.29) is 13.2 Å². The number of hydrogen-bond acceptors (Lipinski definition) is 5. The second-order valence-electron chi connectivity index (χ2n) is 5.69. The van der Waals surface area contributed by atoms with Crippen molar-refractivity contribution in [3.8, 4) is 0 Å². The maximum absolute atomic E-state index is 14.5. The number of ether oxygens (including phenoxy) is 1. The van der Waals surface area contributed by atoms with E-state index in [1.165, 1.54) is 15.9 Å². The normalized spacial score (nSPS) is 21.2. The largest absolute Gasteiger partial charge is 0.465 e. The van der Waals surface area contributed by atoms with E-state index in [0.29, 0.717) is 37.6 Å². The Morgan fingerprint density at radius 3 is 2.54 bits per heavy atom. The molecule has 0 radical (unpaired) electrons. The summed E-state index contributed by atoms with van der Waals surface area (Å²) in [5.74, 6) is -0.489. The fourth-order valence-electron chi connectivity index (χ4n) is 2.89. The fraction of sp³-hybridized carbons (Fsp3) is 0.467. The van der Waals surface area contributed by atoms with Gasteiger partial charge in [0.25, 0.3) is 0 Å². The highest BCUT2D eigenvalue weighted by atomic mass is 19.1. The van der Waals surface area contributed by atoms with Gasteiger partial charge in [0.05, 0.1) is 24.5 Å². The number of halogens is 1. The van der Waals surface area contributed by atoms with Gasteiger partial charge in [0.2, 0.25) is 0 Å². The number of anilines is 2. The number of rotatable bonds is 3.